The second-order valence-corrected chi connectivity index (χ2v) is 5.33. The van der Waals surface area contributed by atoms with Crippen molar-refractivity contribution in [3.8, 4) is 6.07 Å². The molecule has 1 saturated heterocycles. The van der Waals surface area contributed by atoms with E-state index in [1.54, 1.807) is 4.57 Å². The Morgan fingerprint density at radius 1 is 1.52 bits per heavy atom. The minimum absolute atomic E-state index is 0.0264. The van der Waals surface area contributed by atoms with Crippen molar-refractivity contribution in [2.75, 3.05) is 18.5 Å². The van der Waals surface area contributed by atoms with Crippen molar-refractivity contribution in [1.82, 2.24) is 19.5 Å². The highest BCUT2D eigenvalue weighted by atomic mass is 16.5. The van der Waals surface area contributed by atoms with E-state index in [0.29, 0.717) is 11.2 Å². The van der Waals surface area contributed by atoms with Crippen molar-refractivity contribution in [3.05, 3.63) is 12.7 Å². The molecule has 0 radical (unpaired) electrons. The molecule has 25 heavy (non-hydrogen) atoms. The van der Waals surface area contributed by atoms with Gasteiger partial charge in [-0.25, -0.2) is 19.7 Å². The fraction of sp³-hybridized carbons (Fsp3) is 0.500. The number of aliphatic hydroxyl groups excluding tert-OH is 2. The summed E-state index contributed by atoms with van der Waals surface area (Å²) in [6.07, 6.45) is 0.330. The molecule has 1 amide bonds. The normalized spacial score (nSPS) is 22.7. The molecule has 11 heteroatoms. The van der Waals surface area contributed by atoms with Crippen molar-refractivity contribution in [2.24, 2.45) is 0 Å². The molecule has 1 fully saturated rings. The Morgan fingerprint density at radius 3 is 3.08 bits per heavy atom. The molecule has 3 atom stereocenters. The number of fused-ring (bicyclic) bond motifs is 1. The molecular weight excluding hydrogens is 332 g/mol. The molecule has 0 saturated carbocycles. The molecule has 0 bridgehead atoms. The first-order valence-corrected chi connectivity index (χ1v) is 7.56. The van der Waals surface area contributed by atoms with E-state index >= 15 is 0 Å². The van der Waals surface area contributed by atoms with E-state index < -0.39 is 24.5 Å². The number of nitrogens with one attached hydrogen (secondary N) is 1. The first-order chi connectivity index (χ1) is 12.1. The average Bonchev–Trinajstić information content (AvgIpc) is 3.19. The van der Waals surface area contributed by atoms with Gasteiger partial charge in [0.25, 0.3) is 0 Å². The molecule has 0 spiro atoms. The lowest BCUT2D eigenvalue weighted by molar-refractivity contribution is -0.0432. The summed E-state index contributed by atoms with van der Waals surface area (Å²) < 4.78 is 12.0. The lowest BCUT2D eigenvalue weighted by Crippen LogP contribution is -2.24. The van der Waals surface area contributed by atoms with E-state index in [2.05, 4.69) is 20.3 Å². The predicted octanol–water partition coefficient (Wildman–Crippen LogP) is -0.0708. The second-order valence-electron chi connectivity index (χ2n) is 5.33. The third-order valence-electron chi connectivity index (χ3n) is 3.72. The minimum Gasteiger partial charge on any atom is -0.448 e. The van der Waals surface area contributed by atoms with E-state index in [-0.39, 0.29) is 31.9 Å². The van der Waals surface area contributed by atoms with Gasteiger partial charge in [-0.3, -0.25) is 9.88 Å². The molecule has 2 aromatic rings. The number of imidazole rings is 1. The zero-order chi connectivity index (χ0) is 17.8. The summed E-state index contributed by atoms with van der Waals surface area (Å²) in [4.78, 5) is 24.0. The molecule has 2 aromatic heterocycles. The van der Waals surface area contributed by atoms with Crippen molar-refractivity contribution in [1.29, 1.82) is 5.26 Å². The number of aromatic nitrogens is 4. The first-order valence-electron chi connectivity index (χ1n) is 7.56. The third-order valence-corrected chi connectivity index (χ3v) is 3.72. The van der Waals surface area contributed by atoms with Gasteiger partial charge in [0.2, 0.25) is 0 Å². The van der Waals surface area contributed by atoms with Gasteiger partial charge in [0.05, 0.1) is 31.5 Å². The van der Waals surface area contributed by atoms with E-state index in [9.17, 15) is 15.0 Å². The summed E-state index contributed by atoms with van der Waals surface area (Å²) >= 11 is 0. The molecule has 3 heterocycles. The Kier molecular flexibility index (Phi) is 5.03. The van der Waals surface area contributed by atoms with Crippen molar-refractivity contribution in [3.63, 3.8) is 0 Å². The molecule has 3 rings (SSSR count). The van der Waals surface area contributed by atoms with Crippen LogP contribution in [0.4, 0.5) is 10.6 Å². The van der Waals surface area contributed by atoms with Crippen LogP contribution < -0.4 is 5.32 Å². The first kappa shape index (κ1) is 17.0. The fourth-order valence-corrected chi connectivity index (χ4v) is 2.53. The van der Waals surface area contributed by atoms with Gasteiger partial charge in [0.1, 0.15) is 25.3 Å². The van der Waals surface area contributed by atoms with Crippen LogP contribution in [0.5, 0.6) is 0 Å². The van der Waals surface area contributed by atoms with E-state index in [4.69, 9.17) is 14.7 Å². The largest absolute Gasteiger partial charge is 0.448 e. The van der Waals surface area contributed by atoms with E-state index in [1.165, 1.54) is 12.7 Å². The highest BCUT2D eigenvalue weighted by Crippen LogP contribution is 2.31. The maximum atomic E-state index is 11.7. The summed E-state index contributed by atoms with van der Waals surface area (Å²) in [6, 6.07) is 1.86. The van der Waals surface area contributed by atoms with Crippen LogP contribution in [0.2, 0.25) is 0 Å². The molecule has 11 nitrogen and oxygen atoms in total. The topological polar surface area (TPSA) is 155 Å². The number of nitrogens with zero attached hydrogens (tertiary/aromatic N) is 5. The predicted molar refractivity (Wildman–Crippen MR) is 82.1 cm³/mol. The summed E-state index contributed by atoms with van der Waals surface area (Å²) in [5, 5.41) is 29.9. The van der Waals surface area contributed by atoms with Gasteiger partial charge >= 0.3 is 6.09 Å². The van der Waals surface area contributed by atoms with Gasteiger partial charge in [0, 0.05) is 6.42 Å². The Labute approximate surface area is 141 Å². The highest BCUT2D eigenvalue weighted by molar-refractivity contribution is 5.93. The monoisotopic (exact) mass is 348 g/mol. The van der Waals surface area contributed by atoms with Crippen LogP contribution in [-0.2, 0) is 9.47 Å². The summed E-state index contributed by atoms with van der Waals surface area (Å²) in [5.74, 6) is 0.156. The fourth-order valence-electron chi connectivity index (χ4n) is 2.53. The lowest BCUT2D eigenvalue weighted by Gasteiger charge is -2.13. The van der Waals surface area contributed by atoms with Gasteiger partial charge in [-0.05, 0) is 0 Å². The Balaban J connectivity index is 1.79. The number of hydrogen-bond acceptors (Lipinski definition) is 9. The van der Waals surface area contributed by atoms with Gasteiger partial charge < -0.3 is 19.7 Å². The smallest absolute Gasteiger partial charge is 0.412 e. The maximum Gasteiger partial charge on any atom is 0.412 e. The zero-order valence-corrected chi connectivity index (χ0v) is 13.1. The SMILES string of the molecule is N#CCCOC(=O)Nc1ncnc2c1ncn2[C@H]1C[C@H](O)[C@@H](CO)O1. The average molecular weight is 348 g/mol. The molecule has 0 aromatic carbocycles. The number of hydrogen-bond donors (Lipinski definition) is 3. The second kappa shape index (κ2) is 7.39. The van der Waals surface area contributed by atoms with Crippen LogP contribution in [0.1, 0.15) is 19.1 Å². The van der Waals surface area contributed by atoms with Crippen LogP contribution in [0.25, 0.3) is 11.2 Å². The Hall–Kier alpha value is -2.81. The standard InChI is InChI=1S/C14H16N6O5/c15-2-1-3-24-14(23)19-12-11-13(17-6-16-12)20(7-18-11)10-4-8(22)9(5-21)25-10/h6-10,21-22H,1,3-5H2,(H,16,17,19,23)/t8-,9+,10+/m0/s1. The maximum absolute atomic E-state index is 11.7. The van der Waals surface area contributed by atoms with Crippen molar-refractivity contribution in [2.45, 2.75) is 31.3 Å². The Bertz CT molecular complexity index is 803. The molecule has 1 aliphatic rings. The number of amides is 1. The van der Waals surface area contributed by atoms with Gasteiger partial charge in [-0.1, -0.05) is 0 Å². The van der Waals surface area contributed by atoms with Crippen LogP contribution >= 0.6 is 0 Å². The van der Waals surface area contributed by atoms with Crippen molar-refractivity contribution >= 4 is 23.1 Å². The van der Waals surface area contributed by atoms with Crippen LogP contribution in [-0.4, -0.2) is 61.2 Å². The molecular formula is C14H16N6O5. The lowest BCUT2D eigenvalue weighted by atomic mass is 10.2. The van der Waals surface area contributed by atoms with E-state index in [1.807, 2.05) is 6.07 Å². The zero-order valence-electron chi connectivity index (χ0n) is 13.1. The van der Waals surface area contributed by atoms with Gasteiger partial charge in [-0.2, -0.15) is 5.26 Å². The van der Waals surface area contributed by atoms with Crippen LogP contribution in [0, 0.1) is 11.3 Å². The molecule has 1 aliphatic heterocycles. The third kappa shape index (κ3) is 3.50. The number of anilines is 1. The minimum atomic E-state index is -0.790. The number of carbonyl (C=O) groups is 1. The quantitative estimate of drug-likeness (QED) is 0.629. The van der Waals surface area contributed by atoms with E-state index in [0.717, 1.165) is 0 Å². The van der Waals surface area contributed by atoms with Crippen LogP contribution in [0.15, 0.2) is 12.7 Å². The van der Waals surface area contributed by atoms with Crippen molar-refractivity contribution < 1.29 is 24.5 Å². The van der Waals surface area contributed by atoms with Crippen LogP contribution in [0.3, 0.4) is 0 Å². The molecule has 132 valence electrons. The number of ether oxygens (including phenoxy) is 2. The molecule has 0 aliphatic carbocycles. The summed E-state index contributed by atoms with van der Waals surface area (Å²) in [7, 11) is 0. The summed E-state index contributed by atoms with van der Waals surface area (Å²) in [5.41, 5.74) is 0.725. The Morgan fingerprint density at radius 2 is 2.36 bits per heavy atom. The van der Waals surface area contributed by atoms with Gasteiger partial charge in [-0.15, -0.1) is 0 Å². The number of nitriles is 1. The molecule has 3 N–H and O–H groups in total. The summed E-state index contributed by atoms with van der Waals surface area (Å²) in [6.45, 7) is -0.317. The van der Waals surface area contributed by atoms with Gasteiger partial charge in [0.15, 0.2) is 17.0 Å². The number of rotatable bonds is 5. The highest BCUT2D eigenvalue weighted by Gasteiger charge is 2.35. The number of carbonyl (C=O) groups excluding carboxylic acids is 1. The number of aliphatic hydroxyl groups is 2. The molecule has 0 unspecified atom stereocenters.